The van der Waals surface area contributed by atoms with E-state index < -0.39 is 15.1 Å². The van der Waals surface area contributed by atoms with Gasteiger partial charge in [0.15, 0.2) is 9.84 Å². The highest BCUT2D eigenvalue weighted by Gasteiger charge is 2.32. The molecule has 2 aliphatic rings. The monoisotopic (exact) mass is 477 g/mol. The summed E-state index contributed by atoms with van der Waals surface area (Å²) in [4.78, 5) is 35.6. The molecule has 1 saturated heterocycles. The van der Waals surface area contributed by atoms with Gasteiger partial charge in [0.25, 0.3) is 5.91 Å². The SMILES string of the molecule is CS(=O)(=O)C1CCN(C(=O)c2ccc(Nc3ncc4c(n3)-c3ccccc3NC(=O)C4)cc2)C1. The molecule has 1 aromatic heterocycles. The summed E-state index contributed by atoms with van der Waals surface area (Å²) in [5.41, 5.74) is 4.15. The number of nitrogens with zero attached hydrogens (tertiary/aromatic N) is 3. The van der Waals surface area contributed by atoms with Crippen LogP contribution in [-0.4, -0.2) is 59.7 Å². The standard InChI is InChI=1S/C24H23N5O4S/c1-34(32,33)18-10-11-29(14-18)23(31)15-6-8-17(9-7-15)26-24-25-13-16-12-21(30)27-20-5-3-2-4-19(20)22(16)28-24/h2-9,13,18H,10-12,14H2,1H3,(H,27,30)(H,25,26,28). The van der Waals surface area contributed by atoms with Crippen LogP contribution in [0.3, 0.4) is 0 Å². The minimum absolute atomic E-state index is 0.114. The van der Waals surface area contributed by atoms with Crippen LogP contribution in [0, 0.1) is 0 Å². The number of benzene rings is 2. The van der Waals surface area contributed by atoms with Gasteiger partial charge >= 0.3 is 0 Å². The van der Waals surface area contributed by atoms with Crippen LogP contribution in [0.25, 0.3) is 11.3 Å². The third-order valence-corrected chi connectivity index (χ3v) is 7.69. The second-order valence-electron chi connectivity index (χ2n) is 8.53. The van der Waals surface area contributed by atoms with Gasteiger partial charge in [-0.05, 0) is 36.8 Å². The Morgan fingerprint density at radius 3 is 2.65 bits per heavy atom. The molecule has 0 saturated carbocycles. The predicted molar refractivity (Wildman–Crippen MR) is 129 cm³/mol. The van der Waals surface area contributed by atoms with E-state index >= 15 is 0 Å². The summed E-state index contributed by atoms with van der Waals surface area (Å²) in [5, 5.41) is 5.54. The number of para-hydroxylation sites is 1. The number of carbonyl (C=O) groups is 2. The molecule has 2 N–H and O–H groups in total. The van der Waals surface area contributed by atoms with E-state index in [4.69, 9.17) is 0 Å². The van der Waals surface area contributed by atoms with Crippen LogP contribution in [0.4, 0.5) is 17.3 Å². The minimum atomic E-state index is -3.16. The van der Waals surface area contributed by atoms with Crippen molar-refractivity contribution < 1.29 is 18.0 Å². The Kier molecular flexibility index (Phi) is 5.52. The molecule has 3 aromatic rings. The van der Waals surface area contributed by atoms with E-state index in [1.807, 2.05) is 24.3 Å². The van der Waals surface area contributed by atoms with E-state index in [1.54, 1.807) is 35.4 Å². The molecular formula is C24H23N5O4S. The van der Waals surface area contributed by atoms with Gasteiger partial charge in [0.1, 0.15) is 0 Å². The van der Waals surface area contributed by atoms with Crippen molar-refractivity contribution in [2.24, 2.45) is 0 Å². The number of sulfone groups is 1. The first-order valence-corrected chi connectivity index (χ1v) is 12.8. The Morgan fingerprint density at radius 1 is 1.15 bits per heavy atom. The number of hydrogen-bond donors (Lipinski definition) is 2. The third-order valence-electron chi connectivity index (χ3n) is 6.10. The minimum Gasteiger partial charge on any atom is -0.337 e. The number of anilines is 3. The van der Waals surface area contributed by atoms with Crippen molar-refractivity contribution in [3.63, 3.8) is 0 Å². The molecule has 0 radical (unpaired) electrons. The maximum atomic E-state index is 12.8. The lowest BCUT2D eigenvalue weighted by Crippen LogP contribution is -2.31. The van der Waals surface area contributed by atoms with Crippen molar-refractivity contribution >= 4 is 39.0 Å². The molecule has 9 nitrogen and oxygen atoms in total. The van der Waals surface area contributed by atoms with Crippen molar-refractivity contribution in [2.75, 3.05) is 30.0 Å². The lowest BCUT2D eigenvalue weighted by Gasteiger charge is -2.16. The molecule has 1 fully saturated rings. The fraction of sp³-hybridized carbons (Fsp3) is 0.250. The molecule has 0 spiro atoms. The van der Waals surface area contributed by atoms with Gasteiger partial charge in [0.05, 0.1) is 23.1 Å². The number of carbonyl (C=O) groups excluding carboxylic acids is 2. The molecule has 174 valence electrons. The van der Waals surface area contributed by atoms with Crippen molar-refractivity contribution in [3.05, 3.63) is 65.9 Å². The van der Waals surface area contributed by atoms with Gasteiger partial charge < -0.3 is 15.5 Å². The lowest BCUT2D eigenvalue weighted by molar-refractivity contribution is -0.115. The number of aromatic nitrogens is 2. The number of nitrogens with one attached hydrogen (secondary N) is 2. The zero-order valence-corrected chi connectivity index (χ0v) is 19.3. The normalized spacial score (nSPS) is 17.4. The van der Waals surface area contributed by atoms with Gasteiger partial charge in [-0.2, -0.15) is 0 Å². The molecule has 2 aromatic carbocycles. The first kappa shape index (κ1) is 22.0. The summed E-state index contributed by atoms with van der Waals surface area (Å²) in [6.45, 7) is 0.651. The van der Waals surface area contributed by atoms with E-state index in [1.165, 1.54) is 6.26 Å². The van der Waals surface area contributed by atoms with Gasteiger partial charge in [-0.15, -0.1) is 0 Å². The summed E-state index contributed by atoms with van der Waals surface area (Å²) >= 11 is 0. The van der Waals surface area contributed by atoms with Crippen LogP contribution >= 0.6 is 0 Å². The fourth-order valence-corrected chi connectivity index (χ4v) is 5.25. The first-order valence-electron chi connectivity index (χ1n) is 10.9. The highest BCUT2D eigenvalue weighted by Crippen LogP contribution is 2.32. The Morgan fingerprint density at radius 2 is 1.91 bits per heavy atom. The zero-order chi connectivity index (χ0) is 23.9. The molecular weight excluding hydrogens is 454 g/mol. The van der Waals surface area contributed by atoms with Crippen LogP contribution in [0.5, 0.6) is 0 Å². The van der Waals surface area contributed by atoms with E-state index in [2.05, 4.69) is 20.6 Å². The van der Waals surface area contributed by atoms with Gasteiger partial charge in [-0.25, -0.2) is 18.4 Å². The average Bonchev–Trinajstić information content (AvgIpc) is 3.27. The zero-order valence-electron chi connectivity index (χ0n) is 18.5. The third kappa shape index (κ3) is 4.36. The smallest absolute Gasteiger partial charge is 0.253 e. The topological polar surface area (TPSA) is 121 Å². The van der Waals surface area contributed by atoms with Gasteiger partial charge in [-0.3, -0.25) is 9.59 Å². The van der Waals surface area contributed by atoms with Gasteiger partial charge in [0.2, 0.25) is 11.9 Å². The summed E-state index contributed by atoms with van der Waals surface area (Å²) in [6.07, 6.45) is 3.52. The van der Waals surface area contributed by atoms with Crippen LogP contribution in [-0.2, 0) is 21.1 Å². The Balaban J connectivity index is 1.33. The maximum absolute atomic E-state index is 12.8. The number of rotatable bonds is 4. The van der Waals surface area contributed by atoms with Crippen LogP contribution in [0.1, 0.15) is 22.3 Å². The second-order valence-corrected chi connectivity index (χ2v) is 10.9. The van der Waals surface area contributed by atoms with Gasteiger partial charge in [-0.1, -0.05) is 18.2 Å². The molecule has 5 rings (SSSR count). The molecule has 10 heteroatoms. The highest BCUT2D eigenvalue weighted by atomic mass is 32.2. The number of likely N-dealkylation sites (tertiary alicyclic amines) is 1. The van der Waals surface area contributed by atoms with Crippen molar-refractivity contribution in [3.8, 4) is 11.3 Å². The highest BCUT2D eigenvalue weighted by molar-refractivity contribution is 7.91. The molecule has 1 atom stereocenters. The van der Waals surface area contributed by atoms with E-state index in [0.29, 0.717) is 41.5 Å². The van der Waals surface area contributed by atoms with E-state index in [-0.39, 0.29) is 24.8 Å². The summed E-state index contributed by atoms with van der Waals surface area (Å²) < 4.78 is 23.5. The second kappa shape index (κ2) is 8.53. The fourth-order valence-electron chi connectivity index (χ4n) is 4.27. The summed E-state index contributed by atoms with van der Waals surface area (Å²) in [7, 11) is -3.16. The van der Waals surface area contributed by atoms with E-state index in [9.17, 15) is 18.0 Å². The molecule has 3 heterocycles. The number of fused-ring (bicyclic) bond motifs is 3. The van der Waals surface area contributed by atoms with Crippen LogP contribution < -0.4 is 10.6 Å². The largest absolute Gasteiger partial charge is 0.337 e. The lowest BCUT2D eigenvalue weighted by atomic mass is 10.1. The average molecular weight is 478 g/mol. The Bertz CT molecular complexity index is 1390. The number of amides is 2. The Hall–Kier alpha value is -3.79. The molecule has 0 aliphatic carbocycles. The number of hydrogen-bond acceptors (Lipinski definition) is 7. The van der Waals surface area contributed by atoms with Crippen molar-refractivity contribution in [1.29, 1.82) is 0 Å². The van der Waals surface area contributed by atoms with Crippen LogP contribution in [0.15, 0.2) is 54.7 Å². The molecule has 0 bridgehead atoms. The molecule has 34 heavy (non-hydrogen) atoms. The summed E-state index contributed by atoms with van der Waals surface area (Å²) in [6, 6.07) is 14.4. The Labute approximate surface area is 197 Å². The van der Waals surface area contributed by atoms with Gasteiger partial charge in [0, 0.05) is 47.9 Å². The summed E-state index contributed by atoms with van der Waals surface area (Å²) in [5.74, 6) is 0.0712. The molecule has 2 aliphatic heterocycles. The van der Waals surface area contributed by atoms with E-state index in [0.717, 1.165) is 11.1 Å². The maximum Gasteiger partial charge on any atom is 0.253 e. The first-order chi connectivity index (χ1) is 16.3. The van der Waals surface area contributed by atoms with Crippen LogP contribution in [0.2, 0.25) is 0 Å². The van der Waals surface area contributed by atoms with Crippen molar-refractivity contribution in [1.82, 2.24) is 14.9 Å². The molecule has 1 unspecified atom stereocenters. The van der Waals surface area contributed by atoms with Crippen molar-refractivity contribution in [2.45, 2.75) is 18.1 Å². The predicted octanol–water partition coefficient (Wildman–Crippen LogP) is 2.64. The quantitative estimate of drug-likeness (QED) is 0.592. The molecule has 2 amide bonds.